The van der Waals surface area contributed by atoms with Crippen molar-refractivity contribution in [3.63, 3.8) is 0 Å². The van der Waals surface area contributed by atoms with Crippen LogP contribution in [0, 0.1) is 0 Å². The first-order chi connectivity index (χ1) is 26.3. The molecule has 8 aromatic rings. The first kappa shape index (κ1) is 35.5. The van der Waals surface area contributed by atoms with Gasteiger partial charge in [-0.2, -0.15) is 0 Å². The van der Waals surface area contributed by atoms with E-state index in [1.54, 1.807) is 0 Å². The minimum Gasteiger partial charge on any atom is -0.0889 e. The first-order valence-corrected chi connectivity index (χ1v) is 21.4. The number of hydrogen-bond donors (Lipinski definition) is 0. The second kappa shape index (κ2) is 17.6. The Morgan fingerprint density at radius 3 is 0.792 bits per heavy atom. The van der Waals surface area contributed by atoms with Crippen LogP contribution in [0.25, 0.3) is 22.3 Å². The molecule has 0 nitrogen and oxygen atoms in total. The molecule has 5 heteroatoms. The van der Waals surface area contributed by atoms with Gasteiger partial charge >= 0.3 is 0 Å². The predicted octanol–water partition coefficient (Wildman–Crippen LogP) is 15.8. The molecule has 0 heterocycles. The lowest BCUT2D eigenvalue weighted by molar-refractivity contribution is 1.16. The molecule has 256 valence electrons. The van der Waals surface area contributed by atoms with Crippen molar-refractivity contribution in [2.45, 2.75) is 49.0 Å². The summed E-state index contributed by atoms with van der Waals surface area (Å²) in [5.74, 6) is 0. The summed E-state index contributed by atoms with van der Waals surface area (Å²) in [6, 6.07) is 74.0. The van der Waals surface area contributed by atoms with Gasteiger partial charge in [0.15, 0.2) is 0 Å². The molecule has 0 unspecified atom stereocenters. The highest BCUT2D eigenvalue weighted by atomic mass is 32.2. The van der Waals surface area contributed by atoms with Crippen molar-refractivity contribution in [3.05, 3.63) is 206 Å². The van der Waals surface area contributed by atoms with Crippen molar-refractivity contribution in [1.82, 2.24) is 0 Å². The molecule has 8 rings (SSSR count). The molecule has 0 saturated carbocycles. The highest BCUT2D eigenvalue weighted by Crippen LogP contribution is 2.53. The number of hydrogen-bond acceptors (Lipinski definition) is 5. The summed E-state index contributed by atoms with van der Waals surface area (Å²) in [6.07, 6.45) is 0. The topological polar surface area (TPSA) is 0 Å². The third-order valence-corrected chi connectivity index (χ3v) is 14.2. The Morgan fingerprint density at radius 1 is 0.208 bits per heavy atom. The molecule has 0 aromatic heterocycles. The van der Waals surface area contributed by atoms with Crippen molar-refractivity contribution in [3.8, 4) is 22.3 Å². The van der Waals surface area contributed by atoms with E-state index < -0.39 is 0 Å². The highest BCUT2D eigenvalue weighted by molar-refractivity contribution is 8.03. The molecule has 0 saturated heterocycles. The van der Waals surface area contributed by atoms with E-state index in [4.69, 9.17) is 0 Å². The van der Waals surface area contributed by atoms with Gasteiger partial charge in [0.1, 0.15) is 0 Å². The molecule has 8 aromatic carbocycles. The lowest BCUT2D eigenvalue weighted by atomic mass is 10.1. The standard InChI is InChI=1S/C48H34S5/c1-7-19-35(20-8-1)45-41(31-33-43(49-37-23-11-3-12-24-37)47(45)51-39-27-15-5-16-28-39)53-42-32-34-44(50-38-25-13-4-14-26-38)48(52-40-29-17-6-18-30-40)46(42)36-21-9-2-10-22-36/h1-34H. The average molecular weight is 771 g/mol. The zero-order valence-corrected chi connectivity index (χ0v) is 32.8. The Balaban J connectivity index is 1.33. The van der Waals surface area contributed by atoms with Gasteiger partial charge in [-0.1, -0.05) is 192 Å². The smallest absolute Gasteiger partial charge is 0.0351 e. The van der Waals surface area contributed by atoms with Crippen LogP contribution in [0.15, 0.2) is 255 Å². The molecule has 0 bridgehead atoms. The van der Waals surface area contributed by atoms with Gasteiger partial charge in [-0.3, -0.25) is 0 Å². The Hall–Kier alpha value is -4.49. The summed E-state index contributed by atoms with van der Waals surface area (Å²) in [5.41, 5.74) is 4.93. The maximum absolute atomic E-state index is 2.33. The normalized spacial score (nSPS) is 11.0. The molecule has 0 fully saturated rings. The third kappa shape index (κ3) is 8.84. The van der Waals surface area contributed by atoms with Crippen molar-refractivity contribution in [2.24, 2.45) is 0 Å². The summed E-state index contributed by atoms with van der Waals surface area (Å²) in [5, 5.41) is 0. The lowest BCUT2D eigenvalue weighted by Crippen LogP contribution is -1.94. The average Bonchev–Trinajstić information content (AvgIpc) is 3.22. The third-order valence-electron chi connectivity index (χ3n) is 8.38. The van der Waals surface area contributed by atoms with Gasteiger partial charge in [0.25, 0.3) is 0 Å². The molecule has 0 amide bonds. The predicted molar refractivity (Wildman–Crippen MR) is 230 cm³/mol. The van der Waals surface area contributed by atoms with Crippen molar-refractivity contribution < 1.29 is 0 Å². The Bertz CT molecular complexity index is 2210. The zero-order chi connectivity index (χ0) is 35.7. The van der Waals surface area contributed by atoms with Crippen LogP contribution in [-0.2, 0) is 0 Å². The summed E-state index contributed by atoms with van der Waals surface area (Å²) in [7, 11) is 0. The molecule has 0 aliphatic rings. The quantitative estimate of drug-likeness (QED) is 0.121. The van der Waals surface area contributed by atoms with E-state index in [9.17, 15) is 0 Å². The van der Waals surface area contributed by atoms with Crippen molar-refractivity contribution in [2.75, 3.05) is 0 Å². The van der Waals surface area contributed by atoms with Crippen molar-refractivity contribution >= 4 is 58.8 Å². The Kier molecular flexibility index (Phi) is 11.8. The van der Waals surface area contributed by atoms with E-state index in [-0.39, 0.29) is 0 Å². The van der Waals surface area contributed by atoms with E-state index in [1.807, 2.05) is 58.8 Å². The van der Waals surface area contributed by atoms with Gasteiger partial charge in [0, 0.05) is 60.1 Å². The van der Waals surface area contributed by atoms with Gasteiger partial charge in [0.2, 0.25) is 0 Å². The molecule has 0 spiro atoms. The van der Waals surface area contributed by atoms with E-state index in [0.717, 1.165) is 0 Å². The minimum absolute atomic E-state index is 1.21. The van der Waals surface area contributed by atoms with Gasteiger partial charge in [0.05, 0.1) is 0 Å². The molecule has 0 aliphatic heterocycles. The number of rotatable bonds is 12. The van der Waals surface area contributed by atoms with Crippen LogP contribution in [0.4, 0.5) is 0 Å². The van der Waals surface area contributed by atoms with Crippen LogP contribution < -0.4 is 0 Å². The first-order valence-electron chi connectivity index (χ1n) is 17.3. The van der Waals surface area contributed by atoms with Crippen LogP contribution in [0.5, 0.6) is 0 Å². The van der Waals surface area contributed by atoms with Gasteiger partial charge < -0.3 is 0 Å². The van der Waals surface area contributed by atoms with Crippen molar-refractivity contribution in [1.29, 1.82) is 0 Å². The summed E-state index contributed by atoms with van der Waals surface area (Å²) in [4.78, 5) is 12.3. The Labute approximate surface area is 333 Å². The zero-order valence-electron chi connectivity index (χ0n) is 28.7. The molecular formula is C48H34S5. The Morgan fingerprint density at radius 2 is 0.472 bits per heavy atom. The van der Waals surface area contributed by atoms with Gasteiger partial charge in [-0.25, -0.2) is 0 Å². The maximum Gasteiger partial charge on any atom is 0.0351 e. The molecule has 53 heavy (non-hydrogen) atoms. The SMILES string of the molecule is c1ccc(Sc2ccc(Sc3ccc(Sc4ccccc4)c(Sc4ccccc4)c3-c3ccccc3)c(-c3ccccc3)c2Sc2ccccc2)cc1. The molecule has 0 aliphatic carbocycles. The second-order valence-electron chi connectivity index (χ2n) is 12.0. The second-order valence-corrected chi connectivity index (χ2v) is 17.5. The van der Waals surface area contributed by atoms with Crippen LogP contribution >= 0.6 is 58.8 Å². The fraction of sp³-hybridized carbons (Fsp3) is 0. The fourth-order valence-corrected chi connectivity index (χ4v) is 11.5. The summed E-state index contributed by atoms with van der Waals surface area (Å²) >= 11 is 9.21. The highest BCUT2D eigenvalue weighted by Gasteiger charge is 2.23. The summed E-state index contributed by atoms with van der Waals surface area (Å²) < 4.78 is 0. The fourth-order valence-electron chi connectivity index (χ4n) is 5.94. The minimum atomic E-state index is 1.21. The van der Waals surface area contributed by atoms with E-state index >= 15 is 0 Å². The van der Waals surface area contributed by atoms with Gasteiger partial charge in [-0.05, 0) is 83.9 Å². The largest absolute Gasteiger partial charge is 0.0889 e. The molecule has 0 N–H and O–H groups in total. The number of benzene rings is 8. The van der Waals surface area contributed by atoms with Gasteiger partial charge in [-0.15, -0.1) is 0 Å². The lowest BCUT2D eigenvalue weighted by Gasteiger charge is -2.22. The summed E-state index contributed by atoms with van der Waals surface area (Å²) in [6.45, 7) is 0. The van der Waals surface area contributed by atoms with E-state index in [0.29, 0.717) is 0 Å². The van der Waals surface area contributed by atoms with E-state index in [1.165, 1.54) is 71.2 Å². The van der Waals surface area contributed by atoms with Crippen LogP contribution in [0.1, 0.15) is 0 Å². The molecule has 0 atom stereocenters. The molecular weight excluding hydrogens is 737 g/mol. The molecule has 0 radical (unpaired) electrons. The van der Waals surface area contributed by atoms with Crippen LogP contribution in [-0.4, -0.2) is 0 Å². The monoisotopic (exact) mass is 770 g/mol. The van der Waals surface area contributed by atoms with E-state index in [2.05, 4.69) is 206 Å². The van der Waals surface area contributed by atoms with Crippen LogP contribution in [0.2, 0.25) is 0 Å². The van der Waals surface area contributed by atoms with Crippen LogP contribution in [0.3, 0.4) is 0 Å². The maximum atomic E-state index is 2.33.